The highest BCUT2D eigenvalue weighted by atomic mass is 16.5. The summed E-state index contributed by atoms with van der Waals surface area (Å²) in [4.78, 5) is 29.8. The largest absolute Gasteiger partial charge is 0.384 e. The minimum atomic E-state index is 0.0891. The lowest BCUT2D eigenvalue weighted by atomic mass is 10.1. The molecule has 1 amide bonds. The Kier molecular flexibility index (Phi) is 4.70. The monoisotopic (exact) mass is 408 g/mol. The fourth-order valence-electron chi connectivity index (χ4n) is 4.08. The van der Waals surface area contributed by atoms with Crippen LogP contribution in [0.15, 0.2) is 24.5 Å². The normalized spacial score (nSPS) is 19.6. The number of carbonyl (C=O) groups is 1. The molecule has 2 N–H and O–H groups in total. The molecule has 5 rings (SSSR count). The zero-order chi connectivity index (χ0) is 20.7. The smallest absolute Gasteiger partial charge is 0.228 e. The van der Waals surface area contributed by atoms with Crippen molar-refractivity contribution in [2.45, 2.75) is 19.4 Å². The van der Waals surface area contributed by atoms with Crippen LogP contribution in [-0.2, 0) is 9.53 Å². The molecule has 0 saturated carbocycles. The van der Waals surface area contributed by atoms with Crippen molar-refractivity contribution >= 4 is 28.7 Å². The first-order chi connectivity index (χ1) is 14.6. The van der Waals surface area contributed by atoms with Gasteiger partial charge in [0, 0.05) is 44.9 Å². The first-order valence-electron chi connectivity index (χ1n) is 10.2. The van der Waals surface area contributed by atoms with E-state index < -0.39 is 0 Å². The summed E-state index contributed by atoms with van der Waals surface area (Å²) in [5.74, 6) is 1.20. The molecule has 1 atom stereocenters. The summed E-state index contributed by atoms with van der Waals surface area (Å²) in [6, 6.07) is 3.78. The van der Waals surface area contributed by atoms with Crippen molar-refractivity contribution in [1.29, 1.82) is 0 Å². The predicted molar refractivity (Wildman–Crippen MR) is 112 cm³/mol. The van der Waals surface area contributed by atoms with E-state index in [1.807, 2.05) is 15.6 Å². The lowest BCUT2D eigenvalue weighted by molar-refractivity contribution is -0.127. The van der Waals surface area contributed by atoms with Crippen molar-refractivity contribution in [1.82, 2.24) is 29.6 Å². The third-order valence-electron chi connectivity index (χ3n) is 5.75. The van der Waals surface area contributed by atoms with Gasteiger partial charge in [-0.3, -0.25) is 4.79 Å². The molecule has 2 aliphatic rings. The van der Waals surface area contributed by atoms with Crippen LogP contribution >= 0.6 is 0 Å². The number of nitrogens with two attached hydrogens (primary N) is 1. The van der Waals surface area contributed by atoms with Crippen molar-refractivity contribution in [2.75, 3.05) is 50.0 Å². The first-order valence-corrected chi connectivity index (χ1v) is 10.2. The second kappa shape index (κ2) is 7.52. The summed E-state index contributed by atoms with van der Waals surface area (Å²) in [5.41, 5.74) is 8.19. The number of morpholine rings is 1. The SMILES string of the molecule is CC(=O)N1CCC(n2ncc3c(-c4ccc(N)nc4)nc(N4CCOCC4)nc32)C1. The van der Waals surface area contributed by atoms with Gasteiger partial charge in [-0.25, -0.2) is 14.6 Å². The molecular formula is C20H24N8O2. The molecule has 156 valence electrons. The lowest BCUT2D eigenvalue weighted by Gasteiger charge is -2.27. The average molecular weight is 408 g/mol. The third-order valence-corrected chi connectivity index (χ3v) is 5.75. The minimum absolute atomic E-state index is 0.0891. The molecule has 1 unspecified atom stereocenters. The molecule has 2 saturated heterocycles. The van der Waals surface area contributed by atoms with Gasteiger partial charge >= 0.3 is 0 Å². The maximum Gasteiger partial charge on any atom is 0.228 e. The number of rotatable bonds is 3. The second-order valence-corrected chi connectivity index (χ2v) is 7.68. The van der Waals surface area contributed by atoms with Crippen LogP contribution < -0.4 is 10.6 Å². The number of aromatic nitrogens is 5. The van der Waals surface area contributed by atoms with Crippen LogP contribution in [0.1, 0.15) is 19.4 Å². The van der Waals surface area contributed by atoms with Crippen LogP contribution in [0.3, 0.4) is 0 Å². The zero-order valence-corrected chi connectivity index (χ0v) is 16.9. The highest BCUT2D eigenvalue weighted by Crippen LogP contribution is 2.31. The maximum atomic E-state index is 11.8. The molecule has 3 aromatic rings. The number of amides is 1. The van der Waals surface area contributed by atoms with Gasteiger partial charge in [0.05, 0.1) is 36.5 Å². The zero-order valence-electron chi connectivity index (χ0n) is 16.9. The van der Waals surface area contributed by atoms with E-state index in [1.165, 1.54) is 0 Å². The van der Waals surface area contributed by atoms with Gasteiger partial charge in [0.15, 0.2) is 5.65 Å². The van der Waals surface area contributed by atoms with Gasteiger partial charge in [0.1, 0.15) is 5.82 Å². The Hall–Kier alpha value is -3.27. The Bertz CT molecular complexity index is 1070. The van der Waals surface area contributed by atoms with E-state index in [-0.39, 0.29) is 11.9 Å². The van der Waals surface area contributed by atoms with Gasteiger partial charge in [-0.2, -0.15) is 10.1 Å². The minimum Gasteiger partial charge on any atom is -0.384 e. The summed E-state index contributed by atoms with van der Waals surface area (Å²) >= 11 is 0. The number of nitrogens with zero attached hydrogens (tertiary/aromatic N) is 7. The van der Waals surface area contributed by atoms with Gasteiger partial charge < -0.3 is 20.3 Å². The number of likely N-dealkylation sites (tertiary alicyclic amines) is 1. The van der Waals surface area contributed by atoms with E-state index in [1.54, 1.807) is 25.4 Å². The van der Waals surface area contributed by atoms with Crippen molar-refractivity contribution in [2.24, 2.45) is 0 Å². The molecule has 0 aromatic carbocycles. The van der Waals surface area contributed by atoms with Crippen LogP contribution in [0.25, 0.3) is 22.3 Å². The van der Waals surface area contributed by atoms with Gasteiger partial charge in [-0.1, -0.05) is 0 Å². The Morgan fingerprint density at radius 2 is 2.00 bits per heavy atom. The third kappa shape index (κ3) is 3.32. The summed E-state index contributed by atoms with van der Waals surface area (Å²) in [6.45, 7) is 5.75. The van der Waals surface area contributed by atoms with Crippen molar-refractivity contribution in [3.05, 3.63) is 24.5 Å². The number of hydrogen-bond donors (Lipinski definition) is 1. The highest BCUT2D eigenvalue weighted by Gasteiger charge is 2.29. The maximum absolute atomic E-state index is 11.8. The number of hydrogen-bond acceptors (Lipinski definition) is 8. The van der Waals surface area contributed by atoms with E-state index in [2.05, 4.69) is 15.0 Å². The van der Waals surface area contributed by atoms with E-state index in [0.717, 1.165) is 48.3 Å². The molecule has 10 nitrogen and oxygen atoms in total. The van der Waals surface area contributed by atoms with Crippen LogP contribution in [-0.4, -0.2) is 74.9 Å². The predicted octanol–water partition coefficient (Wildman–Crippen LogP) is 1.10. The number of fused-ring (bicyclic) bond motifs is 1. The van der Waals surface area contributed by atoms with Crippen LogP contribution in [0.4, 0.5) is 11.8 Å². The Balaban J connectivity index is 1.62. The molecule has 10 heteroatoms. The van der Waals surface area contributed by atoms with Crippen LogP contribution in [0, 0.1) is 0 Å². The molecule has 0 bridgehead atoms. The molecule has 5 heterocycles. The second-order valence-electron chi connectivity index (χ2n) is 7.68. The average Bonchev–Trinajstić information content (AvgIpc) is 3.41. The van der Waals surface area contributed by atoms with Gasteiger partial charge in [-0.05, 0) is 18.6 Å². The van der Waals surface area contributed by atoms with Gasteiger partial charge in [0.25, 0.3) is 0 Å². The number of anilines is 2. The van der Waals surface area contributed by atoms with E-state index in [4.69, 9.17) is 20.4 Å². The Labute approximate surface area is 173 Å². The highest BCUT2D eigenvalue weighted by molar-refractivity contribution is 5.91. The number of carbonyl (C=O) groups excluding carboxylic acids is 1. The number of ether oxygens (including phenoxy) is 1. The molecule has 2 fully saturated rings. The molecule has 0 radical (unpaired) electrons. The molecule has 0 spiro atoms. The van der Waals surface area contributed by atoms with Crippen LogP contribution in [0.5, 0.6) is 0 Å². The standard InChI is InChI=1S/C20H24N8O2/c1-13(29)27-5-4-15(12-27)28-19-16(11-23-28)18(14-2-3-17(21)22-10-14)24-20(25-19)26-6-8-30-9-7-26/h2-3,10-11,15H,4-9,12H2,1H3,(H2,21,22). The fraction of sp³-hybridized carbons (Fsp3) is 0.450. The topological polar surface area (TPSA) is 115 Å². The van der Waals surface area contributed by atoms with Crippen molar-refractivity contribution < 1.29 is 9.53 Å². The number of pyridine rings is 1. The summed E-state index contributed by atoms with van der Waals surface area (Å²) < 4.78 is 7.43. The molecule has 3 aromatic heterocycles. The Morgan fingerprint density at radius 3 is 2.70 bits per heavy atom. The van der Waals surface area contributed by atoms with E-state index >= 15 is 0 Å². The van der Waals surface area contributed by atoms with E-state index in [9.17, 15) is 4.79 Å². The van der Waals surface area contributed by atoms with E-state index in [0.29, 0.717) is 31.5 Å². The fourth-order valence-corrected chi connectivity index (χ4v) is 4.08. The van der Waals surface area contributed by atoms with Gasteiger partial charge in [0.2, 0.25) is 11.9 Å². The van der Waals surface area contributed by atoms with Crippen molar-refractivity contribution in [3.63, 3.8) is 0 Å². The van der Waals surface area contributed by atoms with Crippen molar-refractivity contribution in [3.8, 4) is 11.3 Å². The molecular weight excluding hydrogens is 384 g/mol. The molecule has 2 aliphatic heterocycles. The summed E-state index contributed by atoms with van der Waals surface area (Å²) in [5, 5.41) is 5.51. The summed E-state index contributed by atoms with van der Waals surface area (Å²) in [6.07, 6.45) is 4.39. The number of nitrogen functional groups attached to an aromatic ring is 1. The lowest BCUT2D eigenvalue weighted by Crippen LogP contribution is -2.37. The van der Waals surface area contributed by atoms with Crippen LogP contribution in [0.2, 0.25) is 0 Å². The first kappa shape index (κ1) is 18.7. The molecule has 30 heavy (non-hydrogen) atoms. The Morgan fingerprint density at radius 1 is 1.17 bits per heavy atom. The molecule has 0 aliphatic carbocycles. The van der Waals surface area contributed by atoms with Gasteiger partial charge in [-0.15, -0.1) is 0 Å². The summed E-state index contributed by atoms with van der Waals surface area (Å²) in [7, 11) is 0. The quantitative estimate of drug-likeness (QED) is 0.685.